The largest absolute Gasteiger partial charge is 0.497 e. The highest BCUT2D eigenvalue weighted by atomic mass is 32.2. The van der Waals surface area contributed by atoms with Crippen molar-refractivity contribution in [2.45, 2.75) is 11.8 Å². The summed E-state index contributed by atoms with van der Waals surface area (Å²) in [6, 6.07) is 17.4. The summed E-state index contributed by atoms with van der Waals surface area (Å²) in [5, 5.41) is 0. The van der Waals surface area contributed by atoms with Gasteiger partial charge in [-0.15, -0.1) is 11.8 Å². The van der Waals surface area contributed by atoms with Crippen LogP contribution in [0.1, 0.15) is 18.1 Å². The Hall–Kier alpha value is -2.04. The van der Waals surface area contributed by atoms with Crippen molar-refractivity contribution < 1.29 is 4.74 Å². The van der Waals surface area contributed by atoms with Crippen molar-refractivity contribution in [3.8, 4) is 0 Å². The van der Waals surface area contributed by atoms with Crippen LogP contribution in [0.15, 0.2) is 76.9 Å². The maximum absolute atomic E-state index is 5.62. The summed E-state index contributed by atoms with van der Waals surface area (Å²) in [6.45, 7) is 2.22. The Morgan fingerprint density at radius 1 is 1.18 bits per heavy atom. The van der Waals surface area contributed by atoms with Gasteiger partial charge >= 0.3 is 0 Å². The standard InChI is InChI=1S/C24H25NOS2/c1-16-22-15-28-24-10-5-4-9-20(24)21(19(22)11-12-23(16)26-2)14-17-7-6-8-18(13-17)25-27-3/h4-14,19,22,25H,15H2,1-3H3/b21-14-. The lowest BCUT2D eigenvalue weighted by atomic mass is 9.76. The Labute approximate surface area is 176 Å². The van der Waals surface area contributed by atoms with E-state index < -0.39 is 0 Å². The molecule has 2 nitrogen and oxygen atoms in total. The third kappa shape index (κ3) is 3.76. The molecule has 1 N–H and O–H groups in total. The molecule has 1 aliphatic carbocycles. The van der Waals surface area contributed by atoms with Crippen LogP contribution in [0.3, 0.4) is 0 Å². The van der Waals surface area contributed by atoms with E-state index in [0.29, 0.717) is 11.8 Å². The van der Waals surface area contributed by atoms with Crippen molar-refractivity contribution in [1.29, 1.82) is 0 Å². The number of hydrogen-bond donors (Lipinski definition) is 1. The van der Waals surface area contributed by atoms with Crippen molar-refractivity contribution >= 4 is 41.0 Å². The molecule has 4 rings (SSSR count). The fourth-order valence-electron chi connectivity index (χ4n) is 4.04. The fraction of sp³-hybridized carbons (Fsp3) is 0.250. The van der Waals surface area contributed by atoms with Crippen LogP contribution < -0.4 is 4.72 Å². The van der Waals surface area contributed by atoms with Gasteiger partial charge in [-0.25, -0.2) is 0 Å². The van der Waals surface area contributed by atoms with Gasteiger partial charge < -0.3 is 9.46 Å². The highest BCUT2D eigenvalue weighted by Gasteiger charge is 2.33. The average Bonchev–Trinajstić information content (AvgIpc) is 2.87. The molecule has 0 saturated heterocycles. The van der Waals surface area contributed by atoms with Crippen molar-refractivity contribution in [1.82, 2.24) is 0 Å². The molecule has 2 aromatic carbocycles. The lowest BCUT2D eigenvalue weighted by Crippen LogP contribution is -2.21. The monoisotopic (exact) mass is 407 g/mol. The van der Waals surface area contributed by atoms with Crippen LogP contribution in [0, 0.1) is 11.8 Å². The predicted octanol–water partition coefficient (Wildman–Crippen LogP) is 6.75. The van der Waals surface area contributed by atoms with Crippen LogP contribution in [-0.2, 0) is 4.74 Å². The van der Waals surface area contributed by atoms with Crippen LogP contribution in [0.5, 0.6) is 0 Å². The summed E-state index contributed by atoms with van der Waals surface area (Å²) >= 11 is 3.57. The van der Waals surface area contributed by atoms with E-state index in [9.17, 15) is 0 Å². The van der Waals surface area contributed by atoms with E-state index in [1.807, 2.05) is 18.0 Å². The van der Waals surface area contributed by atoms with Crippen LogP contribution in [-0.4, -0.2) is 19.1 Å². The molecular weight excluding hydrogens is 382 g/mol. The molecule has 0 spiro atoms. The van der Waals surface area contributed by atoms with Crippen LogP contribution >= 0.6 is 23.7 Å². The van der Waals surface area contributed by atoms with E-state index in [0.717, 1.165) is 17.2 Å². The lowest BCUT2D eigenvalue weighted by molar-refractivity contribution is 0.292. The number of ether oxygens (including phenoxy) is 1. The first-order chi connectivity index (χ1) is 13.7. The van der Waals surface area contributed by atoms with Gasteiger partial charge in [0.05, 0.1) is 7.11 Å². The first kappa shape index (κ1) is 19.3. The maximum atomic E-state index is 5.62. The van der Waals surface area contributed by atoms with Gasteiger partial charge in [0.25, 0.3) is 0 Å². The summed E-state index contributed by atoms with van der Waals surface area (Å²) in [6.07, 6.45) is 8.89. The number of allylic oxidation sites excluding steroid dienone is 4. The molecule has 0 bridgehead atoms. The minimum Gasteiger partial charge on any atom is -0.497 e. The Bertz CT molecular complexity index is 961. The molecule has 0 radical (unpaired) electrons. The number of fused-ring (bicyclic) bond motifs is 2. The number of benzene rings is 2. The van der Waals surface area contributed by atoms with Gasteiger partial charge in [0.15, 0.2) is 0 Å². The molecule has 2 aliphatic rings. The van der Waals surface area contributed by atoms with Gasteiger partial charge in [-0.1, -0.05) is 54.4 Å². The van der Waals surface area contributed by atoms with Crippen molar-refractivity contribution in [3.05, 3.63) is 83.1 Å². The SMILES string of the molecule is COC1=C(C)C2CSc3ccccc3/C(=C\c3cccc(NSC)c3)C2C=C1. The van der Waals surface area contributed by atoms with Gasteiger partial charge in [0.1, 0.15) is 5.76 Å². The van der Waals surface area contributed by atoms with Gasteiger partial charge in [-0.2, -0.15) is 0 Å². The minimum absolute atomic E-state index is 0.354. The normalized spacial score (nSPS) is 22.5. The second-order valence-electron chi connectivity index (χ2n) is 7.08. The topological polar surface area (TPSA) is 21.3 Å². The van der Waals surface area contributed by atoms with E-state index >= 15 is 0 Å². The van der Waals surface area contributed by atoms with E-state index in [1.54, 1.807) is 19.1 Å². The number of thioether (sulfide) groups is 1. The zero-order valence-electron chi connectivity index (χ0n) is 16.4. The molecule has 28 heavy (non-hydrogen) atoms. The molecule has 0 amide bonds. The van der Waals surface area contributed by atoms with Crippen LogP contribution in [0.2, 0.25) is 0 Å². The summed E-state index contributed by atoms with van der Waals surface area (Å²) < 4.78 is 8.96. The Kier molecular flexibility index (Phi) is 5.88. The summed E-state index contributed by atoms with van der Waals surface area (Å²) in [5.74, 6) is 2.87. The van der Waals surface area contributed by atoms with Gasteiger partial charge in [0, 0.05) is 34.4 Å². The first-order valence-corrected chi connectivity index (χ1v) is 11.7. The smallest absolute Gasteiger partial charge is 0.117 e. The molecule has 2 aromatic rings. The summed E-state index contributed by atoms with van der Waals surface area (Å²) in [4.78, 5) is 1.36. The van der Waals surface area contributed by atoms with Crippen molar-refractivity contribution in [2.24, 2.45) is 11.8 Å². The molecule has 2 unspecified atom stereocenters. The fourth-order valence-corrected chi connectivity index (χ4v) is 5.74. The third-order valence-electron chi connectivity index (χ3n) is 5.46. The number of hydrogen-bond acceptors (Lipinski definition) is 4. The first-order valence-electron chi connectivity index (χ1n) is 9.47. The van der Waals surface area contributed by atoms with E-state index in [2.05, 4.69) is 78.4 Å². The van der Waals surface area contributed by atoms with E-state index in [4.69, 9.17) is 4.74 Å². The predicted molar refractivity (Wildman–Crippen MR) is 124 cm³/mol. The minimum atomic E-state index is 0.354. The molecule has 0 aromatic heterocycles. The molecular formula is C24H25NOS2. The average molecular weight is 408 g/mol. The Balaban J connectivity index is 1.83. The molecule has 4 heteroatoms. The molecule has 0 saturated carbocycles. The van der Waals surface area contributed by atoms with Gasteiger partial charge in [0.2, 0.25) is 0 Å². The number of nitrogens with one attached hydrogen (secondary N) is 1. The van der Waals surface area contributed by atoms with Gasteiger partial charge in [-0.05, 0) is 53.5 Å². The number of methoxy groups -OCH3 is 1. The zero-order chi connectivity index (χ0) is 19.5. The maximum Gasteiger partial charge on any atom is 0.117 e. The second-order valence-corrected chi connectivity index (χ2v) is 8.76. The quantitative estimate of drug-likeness (QED) is 0.566. The van der Waals surface area contributed by atoms with Gasteiger partial charge in [-0.3, -0.25) is 0 Å². The Morgan fingerprint density at radius 2 is 2.04 bits per heavy atom. The highest BCUT2D eigenvalue weighted by Crippen LogP contribution is 2.47. The van der Waals surface area contributed by atoms with Crippen molar-refractivity contribution in [2.75, 3.05) is 23.8 Å². The Morgan fingerprint density at radius 3 is 2.86 bits per heavy atom. The van der Waals surface area contributed by atoms with E-state index in [-0.39, 0.29) is 0 Å². The molecule has 0 fully saturated rings. The number of rotatable bonds is 4. The van der Waals surface area contributed by atoms with E-state index in [1.165, 1.54) is 27.2 Å². The zero-order valence-corrected chi connectivity index (χ0v) is 18.1. The summed E-state index contributed by atoms with van der Waals surface area (Å²) in [5.41, 5.74) is 6.44. The molecule has 1 heterocycles. The molecule has 1 aliphatic heterocycles. The molecule has 2 atom stereocenters. The second kappa shape index (κ2) is 8.54. The summed E-state index contributed by atoms with van der Waals surface area (Å²) in [7, 11) is 1.77. The lowest BCUT2D eigenvalue weighted by Gasteiger charge is -2.30. The van der Waals surface area contributed by atoms with Crippen molar-refractivity contribution in [3.63, 3.8) is 0 Å². The molecule has 144 valence electrons. The number of anilines is 1. The van der Waals surface area contributed by atoms with Crippen LogP contribution in [0.25, 0.3) is 11.6 Å². The third-order valence-corrected chi connectivity index (χ3v) is 7.09. The highest BCUT2D eigenvalue weighted by molar-refractivity contribution is 8.00. The van der Waals surface area contributed by atoms with Crippen LogP contribution in [0.4, 0.5) is 5.69 Å².